The molecule has 1 aliphatic rings. The highest BCUT2D eigenvalue weighted by molar-refractivity contribution is 6.09. The Labute approximate surface area is 202 Å². The third-order valence-electron chi connectivity index (χ3n) is 8.94. The van der Waals surface area contributed by atoms with Crippen molar-refractivity contribution >= 4 is 21.8 Å². The van der Waals surface area contributed by atoms with Gasteiger partial charge in [0.25, 0.3) is 0 Å². The van der Waals surface area contributed by atoms with E-state index in [-0.39, 0.29) is 11.0 Å². The molecule has 2 nitrogen and oxygen atoms in total. The van der Waals surface area contributed by atoms with E-state index in [0.29, 0.717) is 0 Å². The van der Waals surface area contributed by atoms with Crippen LogP contribution in [0, 0.1) is 0 Å². The van der Waals surface area contributed by atoms with Crippen LogP contribution in [0.25, 0.3) is 38.8 Å². The Morgan fingerprint density at radius 3 is 1.94 bits per heavy atom. The molecule has 34 heavy (non-hydrogen) atoms. The molecule has 5 aromatic rings. The second kappa shape index (κ2) is 7.56. The molecule has 0 aliphatic carbocycles. The third kappa shape index (κ3) is 2.54. The van der Waals surface area contributed by atoms with E-state index in [1.807, 2.05) is 0 Å². The van der Waals surface area contributed by atoms with Crippen molar-refractivity contribution in [1.82, 2.24) is 4.57 Å². The molecule has 0 fully saturated rings. The molecule has 1 aliphatic heterocycles. The summed E-state index contributed by atoms with van der Waals surface area (Å²) in [4.78, 5) is 0. The lowest BCUT2D eigenvalue weighted by Crippen LogP contribution is -2.68. The smallest absolute Gasteiger partial charge is 0.213 e. The van der Waals surface area contributed by atoms with Gasteiger partial charge in [-0.3, -0.25) is 0 Å². The largest absolute Gasteiger partial charge is 0.309 e. The first kappa shape index (κ1) is 21.2. The topological polar surface area (TPSA) is 8.81 Å². The van der Waals surface area contributed by atoms with Gasteiger partial charge in [-0.05, 0) is 49.2 Å². The Balaban J connectivity index is 1.69. The second-order valence-electron chi connectivity index (χ2n) is 9.98. The number of benzene rings is 3. The summed E-state index contributed by atoms with van der Waals surface area (Å²) in [6, 6.07) is 31.4. The minimum atomic E-state index is 0.0597. The lowest BCUT2D eigenvalue weighted by atomic mass is 9.59. The SMILES string of the molecule is CCC1(C)c2ccc(-n3c4ccccc4c4ccccc43)cc2-c2cccc[n+]2C1(CC)CC. The van der Waals surface area contributed by atoms with Crippen molar-refractivity contribution < 1.29 is 4.57 Å². The fourth-order valence-corrected chi connectivity index (χ4v) is 7.01. The monoisotopic (exact) mass is 445 g/mol. The summed E-state index contributed by atoms with van der Waals surface area (Å²) in [6.45, 7) is 9.57. The van der Waals surface area contributed by atoms with Crippen molar-refractivity contribution in [3.63, 3.8) is 0 Å². The van der Waals surface area contributed by atoms with Gasteiger partial charge in [0, 0.05) is 41.4 Å². The number of aromatic nitrogens is 2. The predicted molar refractivity (Wildman–Crippen MR) is 143 cm³/mol. The molecule has 2 aromatic heterocycles. The first-order chi connectivity index (χ1) is 16.6. The molecule has 6 rings (SSSR count). The molecule has 3 aromatic carbocycles. The molecule has 0 saturated carbocycles. The van der Waals surface area contributed by atoms with Gasteiger partial charge in [0.05, 0.1) is 22.0 Å². The summed E-state index contributed by atoms with van der Waals surface area (Å²) < 4.78 is 5.03. The lowest BCUT2D eigenvalue weighted by Gasteiger charge is -2.47. The van der Waals surface area contributed by atoms with Crippen LogP contribution in [0.4, 0.5) is 0 Å². The molecule has 2 heteroatoms. The van der Waals surface area contributed by atoms with Crippen LogP contribution in [0.1, 0.15) is 52.5 Å². The van der Waals surface area contributed by atoms with E-state index in [4.69, 9.17) is 0 Å². The fourth-order valence-electron chi connectivity index (χ4n) is 7.01. The van der Waals surface area contributed by atoms with Crippen molar-refractivity contribution in [1.29, 1.82) is 0 Å². The quantitative estimate of drug-likeness (QED) is 0.248. The Morgan fingerprint density at radius 1 is 0.706 bits per heavy atom. The summed E-state index contributed by atoms with van der Waals surface area (Å²) >= 11 is 0. The van der Waals surface area contributed by atoms with Crippen LogP contribution >= 0.6 is 0 Å². The summed E-state index contributed by atoms with van der Waals surface area (Å²) in [5.74, 6) is 0. The highest BCUT2D eigenvalue weighted by Crippen LogP contribution is 2.51. The van der Waals surface area contributed by atoms with Crippen molar-refractivity contribution in [2.24, 2.45) is 0 Å². The first-order valence-corrected chi connectivity index (χ1v) is 12.7. The molecule has 0 N–H and O–H groups in total. The van der Waals surface area contributed by atoms with Gasteiger partial charge in [-0.2, -0.15) is 4.57 Å². The van der Waals surface area contributed by atoms with Crippen LogP contribution in [0.2, 0.25) is 0 Å². The molecule has 1 atom stereocenters. The number of hydrogen-bond acceptors (Lipinski definition) is 0. The van der Waals surface area contributed by atoms with Crippen molar-refractivity contribution in [2.45, 2.75) is 57.9 Å². The van der Waals surface area contributed by atoms with E-state index in [2.05, 4.69) is 128 Å². The summed E-state index contributed by atoms with van der Waals surface area (Å²) in [5, 5.41) is 2.61. The number of fused-ring (bicyclic) bond motifs is 6. The molecular weight excluding hydrogens is 412 g/mol. The summed E-state index contributed by atoms with van der Waals surface area (Å²) in [6.07, 6.45) is 5.65. The van der Waals surface area contributed by atoms with Crippen LogP contribution in [0.15, 0.2) is 91.1 Å². The zero-order valence-electron chi connectivity index (χ0n) is 20.7. The Morgan fingerprint density at radius 2 is 1.32 bits per heavy atom. The fraction of sp³-hybridized carbons (Fsp3) is 0.281. The van der Waals surface area contributed by atoms with Gasteiger partial charge in [-0.25, -0.2) is 0 Å². The summed E-state index contributed by atoms with van der Waals surface area (Å²) in [5.41, 5.74) is 8.05. The van der Waals surface area contributed by atoms with E-state index < -0.39 is 0 Å². The Bertz CT molecular complexity index is 1480. The van der Waals surface area contributed by atoms with Crippen molar-refractivity contribution in [3.05, 3.63) is 96.7 Å². The lowest BCUT2D eigenvalue weighted by molar-refractivity contribution is -0.769. The molecule has 0 spiro atoms. The molecule has 1 unspecified atom stereocenters. The van der Waals surface area contributed by atoms with Crippen LogP contribution < -0.4 is 4.57 Å². The second-order valence-corrected chi connectivity index (χ2v) is 9.98. The molecule has 3 heterocycles. The first-order valence-electron chi connectivity index (χ1n) is 12.7. The number of nitrogens with zero attached hydrogens (tertiary/aromatic N) is 2. The van der Waals surface area contributed by atoms with Gasteiger partial charge in [0.15, 0.2) is 11.7 Å². The third-order valence-corrected chi connectivity index (χ3v) is 8.94. The summed E-state index contributed by atoms with van der Waals surface area (Å²) in [7, 11) is 0. The zero-order chi connectivity index (χ0) is 23.5. The van der Waals surface area contributed by atoms with Gasteiger partial charge < -0.3 is 4.57 Å². The molecule has 0 bridgehead atoms. The minimum Gasteiger partial charge on any atom is -0.309 e. The molecule has 0 radical (unpaired) electrons. The van der Waals surface area contributed by atoms with Crippen LogP contribution in [-0.2, 0) is 11.0 Å². The van der Waals surface area contributed by atoms with Crippen LogP contribution in [-0.4, -0.2) is 4.57 Å². The van der Waals surface area contributed by atoms with E-state index in [1.54, 1.807) is 0 Å². The van der Waals surface area contributed by atoms with Crippen LogP contribution in [0.5, 0.6) is 0 Å². The van der Waals surface area contributed by atoms with Crippen molar-refractivity contribution in [2.75, 3.05) is 0 Å². The van der Waals surface area contributed by atoms with Crippen LogP contribution in [0.3, 0.4) is 0 Å². The molecular formula is C32H33N2+. The maximum atomic E-state index is 2.59. The van der Waals surface area contributed by atoms with Gasteiger partial charge in [0.2, 0.25) is 5.69 Å². The van der Waals surface area contributed by atoms with Gasteiger partial charge in [-0.15, -0.1) is 0 Å². The van der Waals surface area contributed by atoms with E-state index >= 15 is 0 Å². The van der Waals surface area contributed by atoms with E-state index in [9.17, 15) is 0 Å². The highest BCUT2D eigenvalue weighted by Gasteiger charge is 2.58. The van der Waals surface area contributed by atoms with Gasteiger partial charge in [-0.1, -0.05) is 63.2 Å². The number of pyridine rings is 1. The maximum Gasteiger partial charge on any atom is 0.213 e. The zero-order valence-corrected chi connectivity index (χ0v) is 20.7. The Kier molecular flexibility index (Phi) is 4.71. The maximum absolute atomic E-state index is 2.59. The Hall–Kier alpha value is -3.39. The normalized spacial score (nSPS) is 18.7. The average Bonchev–Trinajstić information content (AvgIpc) is 3.24. The highest BCUT2D eigenvalue weighted by atomic mass is 15.1. The predicted octanol–water partition coefficient (Wildman–Crippen LogP) is 7.93. The standard InChI is InChI=1S/C32H33N2/c1-5-31(4)27-20-19-23(22-26(27)28-16-12-13-21-33(28)32(31,6-2)7-3)34-29-17-10-8-14-24(29)25-15-9-11-18-30(25)34/h8-22H,5-7H2,1-4H3/q+1. The average molecular weight is 446 g/mol. The van der Waals surface area contributed by atoms with Gasteiger partial charge in [0.1, 0.15) is 0 Å². The number of hydrogen-bond donors (Lipinski definition) is 0. The van der Waals surface area contributed by atoms with Crippen molar-refractivity contribution in [3.8, 4) is 16.9 Å². The molecule has 0 saturated heterocycles. The number of rotatable bonds is 4. The van der Waals surface area contributed by atoms with E-state index in [0.717, 1.165) is 19.3 Å². The minimum absolute atomic E-state index is 0.0597. The van der Waals surface area contributed by atoms with E-state index in [1.165, 1.54) is 44.3 Å². The van der Waals surface area contributed by atoms with Gasteiger partial charge >= 0.3 is 0 Å². The molecule has 170 valence electrons. The number of para-hydroxylation sites is 2. The molecule has 0 amide bonds.